The molecule has 0 aromatic heterocycles. The molecule has 3 rings (SSSR count). The summed E-state index contributed by atoms with van der Waals surface area (Å²) in [5.74, 6) is -0.364. The Bertz CT molecular complexity index is 805. The van der Waals surface area contributed by atoms with E-state index in [-0.39, 0.29) is 30.4 Å². The highest BCUT2D eigenvalue weighted by atomic mass is 35.5. The molecule has 1 saturated carbocycles. The molecule has 1 aliphatic rings. The molecule has 1 atom stereocenters. The minimum absolute atomic E-state index is 0.0668. The summed E-state index contributed by atoms with van der Waals surface area (Å²) in [7, 11) is 0. The van der Waals surface area contributed by atoms with Crippen LogP contribution in [0.25, 0.3) is 0 Å². The fourth-order valence-corrected chi connectivity index (χ4v) is 2.96. The number of halogens is 1. The highest BCUT2D eigenvalue weighted by Crippen LogP contribution is 2.23. The Morgan fingerprint density at radius 2 is 1.81 bits per heavy atom. The third-order valence-corrected chi connectivity index (χ3v) is 4.64. The van der Waals surface area contributed by atoms with E-state index in [9.17, 15) is 9.59 Å². The van der Waals surface area contributed by atoms with Gasteiger partial charge in [0.05, 0.1) is 17.8 Å². The molecule has 0 radical (unpaired) electrons. The molecule has 0 aliphatic heterocycles. The largest absolute Gasteiger partial charge is 0.349 e. The molecule has 2 aromatic carbocycles. The minimum atomic E-state index is -0.212. The predicted molar refractivity (Wildman–Crippen MR) is 103 cm³/mol. The van der Waals surface area contributed by atoms with E-state index in [0.717, 1.165) is 18.4 Å². The Labute approximate surface area is 158 Å². The van der Waals surface area contributed by atoms with Crippen LogP contribution < -0.4 is 16.0 Å². The van der Waals surface area contributed by atoms with Gasteiger partial charge in [-0.3, -0.25) is 9.59 Å². The minimum Gasteiger partial charge on any atom is -0.349 e. The lowest BCUT2D eigenvalue weighted by Crippen LogP contribution is -2.31. The van der Waals surface area contributed by atoms with Crippen molar-refractivity contribution in [1.82, 2.24) is 10.6 Å². The van der Waals surface area contributed by atoms with Crippen molar-refractivity contribution in [2.75, 3.05) is 11.9 Å². The van der Waals surface area contributed by atoms with E-state index in [4.69, 9.17) is 11.6 Å². The van der Waals surface area contributed by atoms with E-state index in [0.29, 0.717) is 16.3 Å². The normalized spacial score (nSPS) is 14.5. The van der Waals surface area contributed by atoms with Crippen molar-refractivity contribution in [2.24, 2.45) is 0 Å². The summed E-state index contributed by atoms with van der Waals surface area (Å²) in [5, 5.41) is 9.57. The molecule has 0 bridgehead atoms. The Balaban J connectivity index is 1.58. The van der Waals surface area contributed by atoms with Crippen LogP contribution in [0.3, 0.4) is 0 Å². The van der Waals surface area contributed by atoms with Gasteiger partial charge in [0.1, 0.15) is 0 Å². The Morgan fingerprint density at radius 1 is 1.12 bits per heavy atom. The van der Waals surface area contributed by atoms with E-state index in [1.807, 2.05) is 31.2 Å². The van der Waals surface area contributed by atoms with Crippen LogP contribution in [0.4, 0.5) is 5.69 Å². The van der Waals surface area contributed by atoms with Gasteiger partial charge in [-0.25, -0.2) is 0 Å². The molecule has 0 unspecified atom stereocenters. The van der Waals surface area contributed by atoms with Crippen LogP contribution in [-0.2, 0) is 4.79 Å². The van der Waals surface area contributed by atoms with Gasteiger partial charge >= 0.3 is 0 Å². The van der Waals surface area contributed by atoms with Crippen LogP contribution in [0.5, 0.6) is 0 Å². The summed E-state index contributed by atoms with van der Waals surface area (Å²) in [5.41, 5.74) is 1.93. The van der Waals surface area contributed by atoms with E-state index in [1.165, 1.54) is 0 Å². The van der Waals surface area contributed by atoms with Crippen LogP contribution in [0.15, 0.2) is 48.5 Å². The van der Waals surface area contributed by atoms with Gasteiger partial charge in [0.25, 0.3) is 5.91 Å². The number of carbonyl (C=O) groups is 2. The van der Waals surface area contributed by atoms with Crippen LogP contribution in [0.1, 0.15) is 41.7 Å². The zero-order chi connectivity index (χ0) is 18.5. The fraction of sp³-hybridized carbons (Fsp3) is 0.300. The van der Waals surface area contributed by atoms with Crippen LogP contribution in [0.2, 0.25) is 5.02 Å². The lowest BCUT2D eigenvalue weighted by Gasteiger charge is -2.16. The lowest BCUT2D eigenvalue weighted by molar-refractivity contribution is -0.115. The van der Waals surface area contributed by atoms with Crippen molar-refractivity contribution in [3.63, 3.8) is 0 Å². The van der Waals surface area contributed by atoms with E-state index in [1.54, 1.807) is 24.3 Å². The summed E-state index contributed by atoms with van der Waals surface area (Å²) in [6, 6.07) is 14.8. The molecule has 0 saturated heterocycles. The van der Waals surface area contributed by atoms with E-state index < -0.39 is 0 Å². The van der Waals surface area contributed by atoms with E-state index in [2.05, 4.69) is 16.0 Å². The van der Waals surface area contributed by atoms with Crippen molar-refractivity contribution in [3.8, 4) is 0 Å². The maximum absolute atomic E-state index is 12.3. The average Bonchev–Trinajstić information content (AvgIpc) is 3.44. The Hall–Kier alpha value is -2.37. The van der Waals surface area contributed by atoms with Gasteiger partial charge in [0, 0.05) is 17.1 Å². The smallest absolute Gasteiger partial charge is 0.253 e. The van der Waals surface area contributed by atoms with Crippen molar-refractivity contribution >= 4 is 29.1 Å². The first-order valence-electron chi connectivity index (χ1n) is 8.72. The van der Waals surface area contributed by atoms with Crippen molar-refractivity contribution in [1.29, 1.82) is 0 Å². The molecular weight excluding hydrogens is 350 g/mol. The third kappa shape index (κ3) is 4.84. The highest BCUT2D eigenvalue weighted by molar-refractivity contribution is 6.31. The van der Waals surface area contributed by atoms with Gasteiger partial charge in [0.15, 0.2) is 0 Å². The number of carbonyl (C=O) groups excluding carboxylic acids is 2. The number of anilines is 1. The number of hydrogen-bond donors (Lipinski definition) is 3. The topological polar surface area (TPSA) is 70.2 Å². The van der Waals surface area contributed by atoms with Gasteiger partial charge in [0.2, 0.25) is 5.91 Å². The summed E-state index contributed by atoms with van der Waals surface area (Å²) >= 11 is 6.18. The Kier molecular flexibility index (Phi) is 5.91. The summed E-state index contributed by atoms with van der Waals surface area (Å²) in [4.78, 5) is 24.6. The first-order chi connectivity index (χ1) is 12.5. The number of nitrogens with one attached hydrogen (secondary N) is 3. The lowest BCUT2D eigenvalue weighted by atomic mass is 10.1. The number of benzene rings is 2. The molecule has 3 N–H and O–H groups in total. The fourth-order valence-electron chi connectivity index (χ4n) is 2.66. The van der Waals surface area contributed by atoms with Gasteiger partial charge in [-0.2, -0.15) is 0 Å². The third-order valence-electron chi connectivity index (χ3n) is 4.30. The first kappa shape index (κ1) is 18.4. The molecule has 5 nitrogen and oxygen atoms in total. The van der Waals surface area contributed by atoms with Crippen molar-refractivity contribution < 1.29 is 9.59 Å². The van der Waals surface area contributed by atoms with Gasteiger partial charge in [-0.1, -0.05) is 41.9 Å². The Morgan fingerprint density at radius 3 is 2.54 bits per heavy atom. The zero-order valence-corrected chi connectivity index (χ0v) is 15.3. The van der Waals surface area contributed by atoms with Crippen LogP contribution in [0, 0.1) is 0 Å². The molecule has 2 aromatic rings. The summed E-state index contributed by atoms with van der Waals surface area (Å²) in [6.07, 6.45) is 2.04. The highest BCUT2D eigenvalue weighted by Gasteiger charge is 2.25. The second-order valence-electron chi connectivity index (χ2n) is 6.47. The molecule has 1 fully saturated rings. The van der Waals surface area contributed by atoms with Crippen molar-refractivity contribution in [2.45, 2.75) is 31.8 Å². The van der Waals surface area contributed by atoms with Crippen LogP contribution in [-0.4, -0.2) is 24.4 Å². The molecule has 1 aliphatic carbocycles. The van der Waals surface area contributed by atoms with Gasteiger partial charge < -0.3 is 16.0 Å². The van der Waals surface area contributed by atoms with Gasteiger partial charge in [-0.15, -0.1) is 0 Å². The number of amides is 2. The average molecular weight is 372 g/mol. The molecule has 136 valence electrons. The second kappa shape index (κ2) is 8.34. The SMILES string of the molecule is C[C@@H](NCC(=O)Nc1ccccc1C(=O)NC1CC1)c1ccccc1Cl. The summed E-state index contributed by atoms with van der Waals surface area (Å²) in [6.45, 7) is 2.07. The molecule has 6 heteroatoms. The quantitative estimate of drug-likeness (QED) is 0.697. The zero-order valence-electron chi connectivity index (χ0n) is 14.6. The number of rotatable bonds is 7. The van der Waals surface area contributed by atoms with Crippen LogP contribution >= 0.6 is 11.6 Å². The number of hydrogen-bond acceptors (Lipinski definition) is 3. The molecule has 0 spiro atoms. The molecule has 2 amide bonds. The maximum atomic E-state index is 12.3. The van der Waals surface area contributed by atoms with E-state index >= 15 is 0 Å². The number of para-hydroxylation sites is 1. The predicted octanol–water partition coefficient (Wildman–Crippen LogP) is 3.52. The van der Waals surface area contributed by atoms with Crippen molar-refractivity contribution in [3.05, 3.63) is 64.7 Å². The first-order valence-corrected chi connectivity index (χ1v) is 9.10. The molecule has 0 heterocycles. The summed E-state index contributed by atoms with van der Waals surface area (Å²) < 4.78 is 0. The maximum Gasteiger partial charge on any atom is 0.253 e. The molecule has 26 heavy (non-hydrogen) atoms. The molecular formula is C20H22ClN3O2. The standard InChI is InChI=1S/C20H22ClN3O2/c1-13(15-6-2-4-8-17(15)21)22-12-19(25)24-18-9-5-3-7-16(18)20(26)23-14-10-11-14/h2-9,13-14,22H,10-12H2,1H3,(H,23,26)(H,24,25)/t13-/m1/s1. The second-order valence-corrected chi connectivity index (χ2v) is 6.87. The van der Waals surface area contributed by atoms with Gasteiger partial charge in [-0.05, 0) is 43.5 Å². The monoisotopic (exact) mass is 371 g/mol.